The standard InChI is InChI=1S/C17H15Cl2N5OS/c1-10(15-12(18)3-2-4-13(15)19)7-20-14-6-5-11(8-21-14)16(25)23-17-24-22-9-26-17/h2-6,8-10H,7H2,1H3,(H,20,21)(H,23,24,25). The van der Waals surface area contributed by atoms with Gasteiger partial charge in [-0.05, 0) is 29.8 Å². The summed E-state index contributed by atoms with van der Waals surface area (Å²) in [4.78, 5) is 16.4. The third-order valence-corrected chi connectivity index (χ3v) is 4.95. The van der Waals surface area contributed by atoms with Crippen LogP contribution in [-0.4, -0.2) is 27.6 Å². The predicted molar refractivity (Wildman–Crippen MR) is 105 cm³/mol. The van der Waals surface area contributed by atoms with Gasteiger partial charge in [-0.15, -0.1) is 10.2 Å². The summed E-state index contributed by atoms with van der Waals surface area (Å²) in [7, 11) is 0. The zero-order valence-corrected chi connectivity index (χ0v) is 16.1. The van der Waals surface area contributed by atoms with E-state index in [1.54, 1.807) is 17.6 Å². The van der Waals surface area contributed by atoms with Gasteiger partial charge in [-0.25, -0.2) is 4.98 Å². The Morgan fingerprint density at radius 1 is 1.23 bits per heavy atom. The van der Waals surface area contributed by atoms with Crippen molar-refractivity contribution in [1.82, 2.24) is 15.2 Å². The first kappa shape index (κ1) is 18.6. The summed E-state index contributed by atoms with van der Waals surface area (Å²) in [6.45, 7) is 2.64. The van der Waals surface area contributed by atoms with E-state index in [1.165, 1.54) is 17.5 Å². The van der Waals surface area contributed by atoms with Crippen molar-refractivity contribution in [2.75, 3.05) is 17.2 Å². The average Bonchev–Trinajstić information content (AvgIpc) is 3.13. The number of halogens is 2. The summed E-state index contributed by atoms with van der Waals surface area (Å²) in [5.74, 6) is 0.475. The maximum atomic E-state index is 12.1. The molecule has 26 heavy (non-hydrogen) atoms. The molecule has 3 aromatic rings. The Labute approximate surface area is 164 Å². The van der Waals surface area contributed by atoms with Crippen LogP contribution in [0.25, 0.3) is 0 Å². The van der Waals surface area contributed by atoms with Gasteiger partial charge in [0.1, 0.15) is 11.3 Å². The fraction of sp³-hybridized carbons (Fsp3) is 0.176. The fourth-order valence-electron chi connectivity index (χ4n) is 2.37. The van der Waals surface area contributed by atoms with Crippen LogP contribution in [0.2, 0.25) is 10.0 Å². The summed E-state index contributed by atoms with van der Waals surface area (Å²) in [5.41, 5.74) is 2.89. The third kappa shape index (κ3) is 4.49. The molecular formula is C17H15Cl2N5OS. The van der Waals surface area contributed by atoms with Gasteiger partial charge >= 0.3 is 0 Å². The molecule has 1 atom stereocenters. The Balaban J connectivity index is 1.60. The Morgan fingerprint density at radius 3 is 2.62 bits per heavy atom. The van der Waals surface area contributed by atoms with Crippen molar-refractivity contribution in [1.29, 1.82) is 0 Å². The number of hydrogen-bond acceptors (Lipinski definition) is 6. The highest BCUT2D eigenvalue weighted by atomic mass is 35.5. The van der Waals surface area contributed by atoms with Crippen LogP contribution in [0.1, 0.15) is 28.8 Å². The maximum absolute atomic E-state index is 12.1. The van der Waals surface area contributed by atoms with E-state index in [2.05, 4.69) is 25.8 Å². The molecule has 134 valence electrons. The van der Waals surface area contributed by atoms with Crippen LogP contribution < -0.4 is 10.6 Å². The van der Waals surface area contributed by atoms with Gasteiger partial charge < -0.3 is 5.32 Å². The van der Waals surface area contributed by atoms with Crippen LogP contribution in [0.3, 0.4) is 0 Å². The molecule has 9 heteroatoms. The van der Waals surface area contributed by atoms with E-state index in [0.717, 1.165) is 5.56 Å². The summed E-state index contributed by atoms with van der Waals surface area (Å²) >= 11 is 13.7. The second kappa shape index (κ2) is 8.44. The second-order valence-electron chi connectivity index (χ2n) is 5.55. The fourth-order valence-corrected chi connectivity index (χ4v) is 3.58. The third-order valence-electron chi connectivity index (χ3n) is 3.69. The Kier molecular flexibility index (Phi) is 6.03. The summed E-state index contributed by atoms with van der Waals surface area (Å²) in [6, 6.07) is 8.90. The molecule has 2 N–H and O–H groups in total. The molecule has 3 rings (SSSR count). The van der Waals surface area contributed by atoms with E-state index >= 15 is 0 Å². The van der Waals surface area contributed by atoms with Crippen LogP contribution in [0.4, 0.5) is 10.9 Å². The van der Waals surface area contributed by atoms with E-state index in [9.17, 15) is 4.79 Å². The second-order valence-corrected chi connectivity index (χ2v) is 7.20. The molecule has 6 nitrogen and oxygen atoms in total. The van der Waals surface area contributed by atoms with Gasteiger partial charge in [0.05, 0.1) is 5.56 Å². The molecule has 1 aromatic carbocycles. The maximum Gasteiger partial charge on any atom is 0.259 e. The van der Waals surface area contributed by atoms with Gasteiger partial charge in [-0.1, -0.05) is 47.5 Å². The van der Waals surface area contributed by atoms with E-state index < -0.39 is 0 Å². The molecule has 0 saturated carbocycles. The lowest BCUT2D eigenvalue weighted by molar-refractivity contribution is 0.102. The van der Waals surface area contributed by atoms with Crippen LogP contribution in [0.5, 0.6) is 0 Å². The molecule has 0 aliphatic rings. The molecule has 0 aliphatic heterocycles. The van der Waals surface area contributed by atoms with Crippen LogP contribution in [0.15, 0.2) is 42.0 Å². The zero-order valence-electron chi connectivity index (χ0n) is 13.7. The minimum absolute atomic E-state index is 0.0957. The van der Waals surface area contributed by atoms with Crippen LogP contribution in [0, 0.1) is 0 Å². The number of nitrogens with zero attached hydrogens (tertiary/aromatic N) is 3. The van der Waals surface area contributed by atoms with Crippen LogP contribution >= 0.6 is 34.5 Å². The van der Waals surface area contributed by atoms with Gasteiger partial charge in [-0.3, -0.25) is 10.1 Å². The number of aromatic nitrogens is 3. The molecule has 0 bridgehead atoms. The summed E-state index contributed by atoms with van der Waals surface area (Å²) in [5, 5.41) is 15.1. The van der Waals surface area contributed by atoms with Gasteiger partial charge in [0.25, 0.3) is 5.91 Å². The van der Waals surface area contributed by atoms with Crippen molar-refractivity contribution >= 4 is 51.4 Å². The van der Waals surface area contributed by atoms with Crippen molar-refractivity contribution in [3.8, 4) is 0 Å². The van der Waals surface area contributed by atoms with E-state index in [-0.39, 0.29) is 11.8 Å². The zero-order chi connectivity index (χ0) is 18.5. The molecule has 0 fully saturated rings. The highest BCUT2D eigenvalue weighted by Gasteiger charge is 2.14. The molecule has 0 aliphatic carbocycles. The smallest absolute Gasteiger partial charge is 0.259 e. The number of pyridine rings is 1. The molecule has 1 unspecified atom stereocenters. The first-order valence-electron chi connectivity index (χ1n) is 7.76. The van der Waals surface area contributed by atoms with Gasteiger partial charge in [0.15, 0.2) is 0 Å². The summed E-state index contributed by atoms with van der Waals surface area (Å²) < 4.78 is 0. The average molecular weight is 408 g/mol. The first-order valence-corrected chi connectivity index (χ1v) is 9.39. The van der Waals surface area contributed by atoms with E-state index in [1.807, 2.05) is 25.1 Å². The van der Waals surface area contributed by atoms with Gasteiger partial charge in [0, 0.05) is 28.7 Å². The molecule has 0 spiro atoms. The number of benzene rings is 1. The van der Waals surface area contributed by atoms with Crippen molar-refractivity contribution < 1.29 is 4.79 Å². The van der Waals surface area contributed by atoms with Crippen molar-refractivity contribution in [2.45, 2.75) is 12.8 Å². The van der Waals surface area contributed by atoms with E-state index in [4.69, 9.17) is 23.2 Å². The number of rotatable bonds is 6. The molecule has 1 amide bonds. The topological polar surface area (TPSA) is 79.8 Å². The lowest BCUT2D eigenvalue weighted by Gasteiger charge is -2.16. The van der Waals surface area contributed by atoms with Gasteiger partial charge in [-0.2, -0.15) is 0 Å². The highest BCUT2D eigenvalue weighted by molar-refractivity contribution is 7.13. The number of anilines is 2. The normalized spacial score (nSPS) is 11.8. The van der Waals surface area contributed by atoms with E-state index in [0.29, 0.717) is 33.1 Å². The number of amides is 1. The Bertz CT molecular complexity index is 866. The molecule has 0 saturated heterocycles. The SMILES string of the molecule is CC(CNc1ccc(C(=O)Nc2nncs2)cn1)c1c(Cl)cccc1Cl. The minimum atomic E-state index is -0.281. The summed E-state index contributed by atoms with van der Waals surface area (Å²) in [6.07, 6.45) is 1.51. The largest absolute Gasteiger partial charge is 0.369 e. The number of nitrogens with one attached hydrogen (secondary N) is 2. The quantitative estimate of drug-likeness (QED) is 0.618. The molecule has 2 aromatic heterocycles. The van der Waals surface area contributed by atoms with Crippen molar-refractivity contribution in [2.24, 2.45) is 0 Å². The molecule has 0 radical (unpaired) electrons. The first-order chi connectivity index (χ1) is 12.5. The Morgan fingerprint density at radius 2 is 2.00 bits per heavy atom. The number of hydrogen-bond donors (Lipinski definition) is 2. The molecular weight excluding hydrogens is 393 g/mol. The highest BCUT2D eigenvalue weighted by Crippen LogP contribution is 2.31. The lowest BCUT2D eigenvalue weighted by atomic mass is 10.0. The monoisotopic (exact) mass is 407 g/mol. The number of carbonyl (C=O) groups excluding carboxylic acids is 1. The predicted octanol–water partition coefficient (Wildman–Crippen LogP) is 4.71. The van der Waals surface area contributed by atoms with Gasteiger partial charge in [0.2, 0.25) is 5.13 Å². The number of carbonyl (C=O) groups is 1. The molecule has 2 heterocycles. The Hall–Kier alpha value is -2.22. The van der Waals surface area contributed by atoms with Crippen molar-refractivity contribution in [3.63, 3.8) is 0 Å². The van der Waals surface area contributed by atoms with Crippen molar-refractivity contribution in [3.05, 3.63) is 63.2 Å². The van der Waals surface area contributed by atoms with Crippen LogP contribution in [-0.2, 0) is 0 Å². The minimum Gasteiger partial charge on any atom is -0.369 e. The lowest BCUT2D eigenvalue weighted by Crippen LogP contribution is -2.14.